The SMILES string of the molecule is CCCCCCCC/C=C\CCCCCCCC(=O)OC(COC(=O)CCCCCCC/C=C/CCCCCCCC)COC(=O)CCCCCCC/C=C/CCCCCCCC. The van der Waals surface area contributed by atoms with Crippen molar-refractivity contribution in [2.45, 2.75) is 297 Å². The van der Waals surface area contributed by atoms with Gasteiger partial charge in [-0.1, -0.05) is 211 Å². The Kier molecular flexibility index (Phi) is 50.3. The Labute approximate surface area is 391 Å². The molecular weight excluding hydrogens is 781 g/mol. The van der Waals surface area contributed by atoms with Crippen LogP contribution >= 0.6 is 0 Å². The van der Waals surface area contributed by atoms with Gasteiger partial charge in [-0.3, -0.25) is 14.4 Å². The number of carbonyl (C=O) groups is 3. The van der Waals surface area contributed by atoms with E-state index in [0.29, 0.717) is 19.3 Å². The minimum atomic E-state index is -0.781. The highest BCUT2D eigenvalue weighted by Gasteiger charge is 2.19. The zero-order chi connectivity index (χ0) is 45.8. The first-order valence-corrected chi connectivity index (χ1v) is 27.5. The summed E-state index contributed by atoms with van der Waals surface area (Å²) in [4.78, 5) is 38.0. The molecule has 0 aliphatic carbocycles. The Hall–Kier alpha value is -2.37. The standard InChI is InChI=1S/C57H104O6/c1-4-7-10-13-16-19-22-25-28-31-34-37-40-43-46-49-55(58)61-52-54(63-57(60)51-48-45-42-39-36-33-30-27-24-21-18-15-12-9-6-3)53-62-56(59)50-47-44-41-38-35-32-29-26-23-20-17-14-11-8-5-2/h25-30,54H,4-24,31-53H2,1-3H3/b28-25+,29-26+,30-27-. The molecule has 0 atom stereocenters. The summed E-state index contributed by atoms with van der Waals surface area (Å²) in [7, 11) is 0. The van der Waals surface area contributed by atoms with Crippen LogP contribution in [0.3, 0.4) is 0 Å². The lowest BCUT2D eigenvalue weighted by atomic mass is 10.1. The molecule has 0 aromatic carbocycles. The van der Waals surface area contributed by atoms with Crippen molar-refractivity contribution in [2.75, 3.05) is 13.2 Å². The lowest BCUT2D eigenvalue weighted by molar-refractivity contribution is -0.167. The summed E-state index contributed by atoms with van der Waals surface area (Å²) in [5, 5.41) is 0. The molecular formula is C57H104O6. The van der Waals surface area contributed by atoms with Gasteiger partial charge in [0, 0.05) is 19.3 Å². The summed E-state index contributed by atoms with van der Waals surface area (Å²) in [6, 6.07) is 0. The first-order valence-electron chi connectivity index (χ1n) is 27.5. The van der Waals surface area contributed by atoms with Crippen LogP contribution in [0.25, 0.3) is 0 Å². The molecule has 0 spiro atoms. The molecule has 0 fully saturated rings. The zero-order valence-electron chi connectivity index (χ0n) is 42.1. The quantitative estimate of drug-likeness (QED) is 0.0262. The van der Waals surface area contributed by atoms with Crippen molar-refractivity contribution in [1.82, 2.24) is 0 Å². The topological polar surface area (TPSA) is 78.9 Å². The molecule has 0 saturated heterocycles. The van der Waals surface area contributed by atoms with Gasteiger partial charge in [0.05, 0.1) is 0 Å². The second-order valence-electron chi connectivity index (χ2n) is 18.5. The van der Waals surface area contributed by atoms with E-state index >= 15 is 0 Å². The lowest BCUT2D eigenvalue weighted by Crippen LogP contribution is -2.30. The van der Waals surface area contributed by atoms with E-state index in [1.165, 1.54) is 173 Å². The minimum Gasteiger partial charge on any atom is -0.462 e. The van der Waals surface area contributed by atoms with Crippen LogP contribution < -0.4 is 0 Å². The van der Waals surface area contributed by atoms with Crippen LogP contribution in [-0.2, 0) is 28.6 Å². The number of carbonyl (C=O) groups excluding carboxylic acids is 3. The fourth-order valence-corrected chi connectivity index (χ4v) is 7.90. The smallest absolute Gasteiger partial charge is 0.306 e. The molecule has 6 heteroatoms. The van der Waals surface area contributed by atoms with Gasteiger partial charge < -0.3 is 14.2 Å². The molecule has 63 heavy (non-hydrogen) atoms. The van der Waals surface area contributed by atoms with Gasteiger partial charge in [-0.05, 0) is 96.3 Å². The van der Waals surface area contributed by atoms with Crippen LogP contribution in [0.15, 0.2) is 36.5 Å². The summed E-state index contributed by atoms with van der Waals surface area (Å²) >= 11 is 0. The van der Waals surface area contributed by atoms with Crippen molar-refractivity contribution >= 4 is 17.9 Å². The predicted molar refractivity (Wildman–Crippen MR) is 270 cm³/mol. The second kappa shape index (κ2) is 52.3. The van der Waals surface area contributed by atoms with Crippen LogP contribution in [0.5, 0.6) is 0 Å². The highest BCUT2D eigenvalue weighted by molar-refractivity contribution is 5.71. The van der Waals surface area contributed by atoms with Crippen LogP contribution in [0.2, 0.25) is 0 Å². The molecule has 0 heterocycles. The molecule has 0 aromatic heterocycles. The molecule has 368 valence electrons. The van der Waals surface area contributed by atoms with Crippen LogP contribution in [0, 0.1) is 0 Å². The Morgan fingerprint density at radius 3 is 0.794 bits per heavy atom. The number of rotatable bonds is 50. The lowest BCUT2D eigenvalue weighted by Gasteiger charge is -2.18. The molecule has 6 nitrogen and oxygen atoms in total. The Morgan fingerprint density at radius 1 is 0.302 bits per heavy atom. The highest BCUT2D eigenvalue weighted by atomic mass is 16.6. The fraction of sp³-hybridized carbons (Fsp3) is 0.842. The van der Waals surface area contributed by atoms with E-state index in [2.05, 4.69) is 57.2 Å². The van der Waals surface area contributed by atoms with E-state index in [4.69, 9.17) is 14.2 Å². The molecule has 0 aromatic rings. The van der Waals surface area contributed by atoms with Gasteiger partial charge in [-0.15, -0.1) is 0 Å². The van der Waals surface area contributed by atoms with Gasteiger partial charge in [-0.2, -0.15) is 0 Å². The number of unbranched alkanes of at least 4 members (excludes halogenated alkanes) is 33. The number of hydrogen-bond donors (Lipinski definition) is 0. The van der Waals surface area contributed by atoms with Crippen LogP contribution in [0.4, 0.5) is 0 Å². The average Bonchev–Trinajstić information content (AvgIpc) is 3.28. The number of esters is 3. The van der Waals surface area contributed by atoms with Gasteiger partial charge >= 0.3 is 17.9 Å². The van der Waals surface area contributed by atoms with Gasteiger partial charge in [0.2, 0.25) is 0 Å². The molecule has 0 rings (SSSR count). The van der Waals surface area contributed by atoms with E-state index in [1.807, 2.05) is 0 Å². The molecule has 0 saturated carbocycles. The minimum absolute atomic E-state index is 0.0806. The summed E-state index contributed by atoms with van der Waals surface area (Å²) in [5.41, 5.74) is 0. The van der Waals surface area contributed by atoms with Crippen LogP contribution in [-0.4, -0.2) is 37.2 Å². The Morgan fingerprint density at radius 2 is 0.524 bits per heavy atom. The fourth-order valence-electron chi connectivity index (χ4n) is 7.90. The third kappa shape index (κ3) is 50.5. The second-order valence-corrected chi connectivity index (χ2v) is 18.5. The number of ether oxygens (including phenoxy) is 3. The monoisotopic (exact) mass is 885 g/mol. The summed E-state index contributed by atoms with van der Waals surface area (Å²) in [5.74, 6) is -0.893. The maximum atomic E-state index is 12.8. The largest absolute Gasteiger partial charge is 0.462 e. The van der Waals surface area contributed by atoms with Gasteiger partial charge in [0.25, 0.3) is 0 Å². The summed E-state index contributed by atoms with van der Waals surface area (Å²) in [6.45, 7) is 6.63. The molecule has 0 amide bonds. The van der Waals surface area contributed by atoms with Crippen molar-refractivity contribution in [3.63, 3.8) is 0 Å². The summed E-state index contributed by atoms with van der Waals surface area (Å²) < 4.78 is 16.8. The van der Waals surface area contributed by atoms with E-state index in [9.17, 15) is 14.4 Å². The number of allylic oxidation sites excluding steroid dienone is 6. The van der Waals surface area contributed by atoms with Gasteiger partial charge in [0.15, 0.2) is 6.10 Å². The Balaban J connectivity index is 4.39. The Bertz CT molecular complexity index is 1010. The molecule has 0 unspecified atom stereocenters. The third-order valence-electron chi connectivity index (χ3n) is 12.1. The number of hydrogen-bond acceptors (Lipinski definition) is 6. The van der Waals surface area contributed by atoms with Crippen molar-refractivity contribution in [3.8, 4) is 0 Å². The van der Waals surface area contributed by atoms with Crippen LogP contribution in [0.1, 0.15) is 290 Å². The first-order chi connectivity index (χ1) is 31.0. The van der Waals surface area contributed by atoms with E-state index < -0.39 is 6.10 Å². The average molecular weight is 885 g/mol. The van der Waals surface area contributed by atoms with Gasteiger partial charge in [-0.25, -0.2) is 0 Å². The van der Waals surface area contributed by atoms with Gasteiger partial charge in [0.1, 0.15) is 13.2 Å². The molecule has 0 aliphatic rings. The van der Waals surface area contributed by atoms with Crippen molar-refractivity contribution in [3.05, 3.63) is 36.5 Å². The normalized spacial score (nSPS) is 11.8. The molecule has 0 bridgehead atoms. The van der Waals surface area contributed by atoms with E-state index in [0.717, 1.165) is 77.0 Å². The maximum Gasteiger partial charge on any atom is 0.306 e. The first kappa shape index (κ1) is 60.6. The van der Waals surface area contributed by atoms with E-state index in [-0.39, 0.29) is 31.1 Å². The maximum absolute atomic E-state index is 12.8. The predicted octanol–water partition coefficient (Wildman–Crippen LogP) is 18.1. The highest BCUT2D eigenvalue weighted by Crippen LogP contribution is 2.15. The summed E-state index contributed by atoms with van der Waals surface area (Å²) in [6.07, 6.45) is 61.2. The van der Waals surface area contributed by atoms with E-state index in [1.54, 1.807) is 0 Å². The third-order valence-corrected chi connectivity index (χ3v) is 12.1. The zero-order valence-corrected chi connectivity index (χ0v) is 42.1. The molecule has 0 radical (unpaired) electrons. The van der Waals surface area contributed by atoms with Crippen molar-refractivity contribution in [2.24, 2.45) is 0 Å². The molecule has 0 N–H and O–H groups in total. The molecule has 0 aliphatic heterocycles. The van der Waals surface area contributed by atoms with Crippen molar-refractivity contribution < 1.29 is 28.6 Å². The van der Waals surface area contributed by atoms with Crippen molar-refractivity contribution in [1.29, 1.82) is 0 Å².